The van der Waals surface area contributed by atoms with E-state index in [2.05, 4.69) is 25.6 Å². The summed E-state index contributed by atoms with van der Waals surface area (Å²) in [7, 11) is -3.38. The number of hydrogen-bond acceptors (Lipinski definition) is 5. The van der Waals surface area contributed by atoms with E-state index in [1.807, 2.05) is 12.1 Å². The summed E-state index contributed by atoms with van der Waals surface area (Å²) in [6, 6.07) is 10.7. The smallest absolute Gasteiger partial charge is 0.233 e. The number of nitrogens with zero attached hydrogens (tertiary/aromatic N) is 1. The summed E-state index contributed by atoms with van der Waals surface area (Å²) >= 11 is 4.67. The van der Waals surface area contributed by atoms with E-state index in [1.54, 1.807) is 24.3 Å². The molecule has 1 aromatic carbocycles. The maximum absolute atomic E-state index is 11.9. The Kier molecular flexibility index (Phi) is 5.49. The fourth-order valence-electron chi connectivity index (χ4n) is 1.50. The van der Waals surface area contributed by atoms with Gasteiger partial charge in [-0.25, -0.2) is 13.4 Å². The fourth-order valence-corrected chi connectivity index (χ4v) is 4.09. The largest absolute Gasteiger partial charge is 0.399 e. The Morgan fingerprint density at radius 2 is 1.90 bits per heavy atom. The molecule has 0 saturated heterocycles. The fraction of sp³-hybridized carbons (Fsp3) is 0.154. The van der Waals surface area contributed by atoms with Gasteiger partial charge in [0.1, 0.15) is 4.60 Å². The zero-order valence-electron chi connectivity index (χ0n) is 11.0. The normalized spacial score (nSPS) is 11.3. The molecule has 5 nitrogen and oxygen atoms in total. The molecule has 1 aromatic heterocycles. The summed E-state index contributed by atoms with van der Waals surface area (Å²) in [5.74, 6) is 0.487. The van der Waals surface area contributed by atoms with Crippen LogP contribution in [-0.4, -0.2) is 24.9 Å². The number of nitrogen functional groups attached to an aromatic ring is 1. The molecule has 0 aliphatic rings. The van der Waals surface area contributed by atoms with Gasteiger partial charge in [0.2, 0.25) is 10.0 Å². The van der Waals surface area contributed by atoms with Crippen LogP contribution in [0, 0.1) is 0 Å². The Bertz CT molecular complexity index is 688. The number of benzene rings is 1. The van der Waals surface area contributed by atoms with Gasteiger partial charge in [0.15, 0.2) is 0 Å². The Balaban J connectivity index is 1.86. The molecule has 0 aliphatic carbocycles. The first-order valence-electron chi connectivity index (χ1n) is 6.05. The Hall–Kier alpha value is -1.25. The number of pyridine rings is 1. The molecule has 0 fully saturated rings. The average Bonchev–Trinajstić information content (AvgIpc) is 2.43. The minimum absolute atomic E-state index is 0.0259. The lowest BCUT2D eigenvalue weighted by molar-refractivity contribution is 0.602. The minimum Gasteiger partial charge on any atom is -0.399 e. The third kappa shape index (κ3) is 5.56. The summed E-state index contributed by atoms with van der Waals surface area (Å²) in [6.45, 7) is 0. The third-order valence-corrected chi connectivity index (χ3v) is 5.53. The van der Waals surface area contributed by atoms with Gasteiger partial charge in [-0.2, -0.15) is 0 Å². The number of nitrogens with one attached hydrogen (secondary N) is 1. The molecule has 0 radical (unpaired) electrons. The number of thioether (sulfide) groups is 1. The molecule has 0 saturated carbocycles. The van der Waals surface area contributed by atoms with E-state index >= 15 is 0 Å². The van der Waals surface area contributed by atoms with Crippen molar-refractivity contribution >= 4 is 49.1 Å². The van der Waals surface area contributed by atoms with Crippen LogP contribution < -0.4 is 10.5 Å². The highest BCUT2D eigenvalue weighted by Crippen LogP contribution is 2.20. The first-order valence-corrected chi connectivity index (χ1v) is 9.48. The molecule has 8 heteroatoms. The number of aromatic nitrogens is 1. The van der Waals surface area contributed by atoms with Gasteiger partial charge in [-0.05, 0) is 52.3 Å². The van der Waals surface area contributed by atoms with Crippen LogP contribution in [0.1, 0.15) is 0 Å². The number of halogens is 1. The lowest BCUT2D eigenvalue weighted by atomic mass is 10.3. The van der Waals surface area contributed by atoms with Crippen molar-refractivity contribution in [2.75, 3.05) is 22.0 Å². The van der Waals surface area contributed by atoms with Crippen LogP contribution in [0.4, 0.5) is 11.4 Å². The third-order valence-electron chi connectivity index (χ3n) is 2.50. The maximum Gasteiger partial charge on any atom is 0.233 e. The van der Waals surface area contributed by atoms with Crippen molar-refractivity contribution in [3.8, 4) is 0 Å². The molecule has 21 heavy (non-hydrogen) atoms. The van der Waals surface area contributed by atoms with Crippen molar-refractivity contribution in [2.45, 2.75) is 4.90 Å². The molecule has 112 valence electrons. The van der Waals surface area contributed by atoms with Crippen molar-refractivity contribution in [3.05, 3.63) is 47.2 Å². The van der Waals surface area contributed by atoms with E-state index in [0.29, 0.717) is 21.7 Å². The van der Waals surface area contributed by atoms with Crippen LogP contribution in [0.3, 0.4) is 0 Å². The molecule has 2 aromatic rings. The van der Waals surface area contributed by atoms with Crippen LogP contribution in [0.2, 0.25) is 0 Å². The van der Waals surface area contributed by atoms with Gasteiger partial charge >= 0.3 is 0 Å². The van der Waals surface area contributed by atoms with Crippen molar-refractivity contribution in [3.63, 3.8) is 0 Å². The molecule has 2 rings (SSSR count). The summed E-state index contributed by atoms with van der Waals surface area (Å²) in [5, 5.41) is 0. The number of nitrogens with two attached hydrogens (primary N) is 1. The topological polar surface area (TPSA) is 85.1 Å². The predicted octanol–water partition coefficient (Wildman–Crippen LogP) is 2.96. The van der Waals surface area contributed by atoms with Crippen LogP contribution >= 0.6 is 27.7 Å². The number of hydrogen-bond donors (Lipinski definition) is 2. The predicted molar refractivity (Wildman–Crippen MR) is 90.9 cm³/mol. The molecule has 0 bridgehead atoms. The van der Waals surface area contributed by atoms with E-state index in [4.69, 9.17) is 5.73 Å². The summed E-state index contributed by atoms with van der Waals surface area (Å²) < 4.78 is 27.0. The van der Waals surface area contributed by atoms with E-state index in [9.17, 15) is 8.42 Å². The van der Waals surface area contributed by atoms with Gasteiger partial charge in [0, 0.05) is 16.3 Å². The lowest BCUT2D eigenvalue weighted by Gasteiger charge is -2.07. The highest BCUT2D eigenvalue weighted by molar-refractivity contribution is 9.10. The second kappa shape index (κ2) is 7.15. The first kappa shape index (κ1) is 16.1. The van der Waals surface area contributed by atoms with Crippen molar-refractivity contribution < 1.29 is 8.42 Å². The molecule has 0 amide bonds. The highest BCUT2D eigenvalue weighted by atomic mass is 79.9. The zero-order chi connectivity index (χ0) is 15.3. The van der Waals surface area contributed by atoms with Crippen LogP contribution in [0.15, 0.2) is 52.1 Å². The van der Waals surface area contributed by atoms with Gasteiger partial charge < -0.3 is 5.73 Å². The summed E-state index contributed by atoms with van der Waals surface area (Å²) in [5.41, 5.74) is 6.74. The van der Waals surface area contributed by atoms with E-state index in [1.165, 1.54) is 18.0 Å². The molecular weight excluding hydrogens is 374 g/mol. The van der Waals surface area contributed by atoms with Gasteiger partial charge in [-0.15, -0.1) is 11.8 Å². The van der Waals surface area contributed by atoms with Crippen molar-refractivity contribution in [1.29, 1.82) is 0 Å². The van der Waals surface area contributed by atoms with Gasteiger partial charge in [-0.3, -0.25) is 4.72 Å². The quantitative estimate of drug-likeness (QED) is 0.452. The van der Waals surface area contributed by atoms with Crippen LogP contribution in [0.25, 0.3) is 0 Å². The second-order valence-corrected chi connectivity index (χ2v) is 8.03. The SMILES string of the molecule is Nc1ccc(SCCS(=O)(=O)Nc2ccc(Br)nc2)cc1. The molecule has 0 spiro atoms. The standard InChI is InChI=1S/C13H14BrN3O2S2/c14-13-6-3-11(9-16-13)17-21(18,19)8-7-20-12-4-1-10(15)2-5-12/h1-6,9,17H,7-8,15H2. The number of sulfonamides is 1. The van der Waals surface area contributed by atoms with Crippen molar-refractivity contribution in [1.82, 2.24) is 4.98 Å². The maximum atomic E-state index is 11.9. The summed E-state index contributed by atoms with van der Waals surface area (Å²) in [4.78, 5) is 4.96. The van der Waals surface area contributed by atoms with Gasteiger partial charge in [-0.1, -0.05) is 0 Å². The number of anilines is 2. The van der Waals surface area contributed by atoms with E-state index in [-0.39, 0.29) is 5.75 Å². The zero-order valence-corrected chi connectivity index (χ0v) is 14.2. The average molecular weight is 388 g/mol. The Morgan fingerprint density at radius 3 is 2.52 bits per heavy atom. The van der Waals surface area contributed by atoms with E-state index < -0.39 is 10.0 Å². The Labute approximate surface area is 136 Å². The highest BCUT2D eigenvalue weighted by Gasteiger charge is 2.10. The van der Waals surface area contributed by atoms with Gasteiger partial charge in [0.05, 0.1) is 17.6 Å². The molecule has 3 N–H and O–H groups in total. The molecular formula is C13H14BrN3O2S2. The summed E-state index contributed by atoms with van der Waals surface area (Å²) in [6.07, 6.45) is 1.47. The lowest BCUT2D eigenvalue weighted by Crippen LogP contribution is -2.18. The number of rotatable bonds is 6. The van der Waals surface area contributed by atoms with Crippen molar-refractivity contribution in [2.24, 2.45) is 0 Å². The first-order chi connectivity index (χ1) is 9.94. The van der Waals surface area contributed by atoms with Gasteiger partial charge in [0.25, 0.3) is 0 Å². The van der Waals surface area contributed by atoms with Crippen LogP contribution in [-0.2, 0) is 10.0 Å². The molecule has 0 aliphatic heterocycles. The minimum atomic E-state index is -3.38. The monoisotopic (exact) mass is 387 g/mol. The second-order valence-electron chi connectivity index (χ2n) is 4.21. The molecule has 1 heterocycles. The van der Waals surface area contributed by atoms with E-state index in [0.717, 1.165) is 4.90 Å². The Morgan fingerprint density at radius 1 is 1.19 bits per heavy atom. The van der Waals surface area contributed by atoms with Crippen LogP contribution in [0.5, 0.6) is 0 Å². The molecule has 0 atom stereocenters. The molecule has 0 unspecified atom stereocenters.